The molecule has 1 amide bonds. The van der Waals surface area contributed by atoms with Gasteiger partial charge in [0.05, 0.1) is 11.1 Å². The Morgan fingerprint density at radius 3 is 2.75 bits per heavy atom. The summed E-state index contributed by atoms with van der Waals surface area (Å²) < 4.78 is 0. The Labute approximate surface area is 165 Å². The molecular weight excluding hydrogens is 350 g/mol. The number of fused-ring (bicyclic) bond motifs is 1. The minimum atomic E-state index is -0.0421. The van der Waals surface area contributed by atoms with E-state index in [1.54, 1.807) is 12.4 Å². The SMILES string of the molecule is Cc1cc(C(=O)NC2CCCN(c3ncccn3)C2)c2ccc(C)c(C)c2n1. The second-order valence-electron chi connectivity index (χ2n) is 7.52. The number of hydrogen-bond donors (Lipinski definition) is 1. The Hall–Kier alpha value is -3.02. The molecule has 4 rings (SSSR count). The lowest BCUT2D eigenvalue weighted by atomic mass is 9.99. The fourth-order valence-corrected chi connectivity index (χ4v) is 3.84. The molecule has 28 heavy (non-hydrogen) atoms. The van der Waals surface area contributed by atoms with E-state index in [4.69, 9.17) is 0 Å². The second kappa shape index (κ2) is 7.54. The van der Waals surface area contributed by atoms with E-state index in [-0.39, 0.29) is 11.9 Å². The molecule has 1 saturated heterocycles. The maximum Gasteiger partial charge on any atom is 0.252 e. The molecule has 6 heteroatoms. The van der Waals surface area contributed by atoms with E-state index in [0.717, 1.165) is 54.0 Å². The van der Waals surface area contributed by atoms with E-state index in [1.807, 2.05) is 25.1 Å². The fourth-order valence-electron chi connectivity index (χ4n) is 3.84. The van der Waals surface area contributed by atoms with Gasteiger partial charge in [0.1, 0.15) is 0 Å². The average molecular weight is 375 g/mol. The Kier molecular flexibility index (Phi) is 4.94. The van der Waals surface area contributed by atoms with Crippen molar-refractivity contribution in [2.24, 2.45) is 0 Å². The van der Waals surface area contributed by atoms with Crippen LogP contribution in [0.25, 0.3) is 10.9 Å². The molecule has 0 spiro atoms. The Bertz CT molecular complexity index is 1020. The summed E-state index contributed by atoms with van der Waals surface area (Å²) >= 11 is 0. The quantitative estimate of drug-likeness (QED) is 0.760. The summed E-state index contributed by atoms with van der Waals surface area (Å²) in [5, 5.41) is 4.13. The number of aromatic nitrogens is 3. The number of carbonyl (C=O) groups is 1. The van der Waals surface area contributed by atoms with Gasteiger partial charge in [-0.1, -0.05) is 12.1 Å². The number of amides is 1. The van der Waals surface area contributed by atoms with Gasteiger partial charge in [-0.2, -0.15) is 0 Å². The molecule has 1 aliphatic heterocycles. The van der Waals surface area contributed by atoms with Crippen molar-refractivity contribution in [1.29, 1.82) is 0 Å². The Balaban J connectivity index is 1.58. The first-order valence-electron chi connectivity index (χ1n) is 9.73. The lowest BCUT2D eigenvalue weighted by Gasteiger charge is -2.33. The number of rotatable bonds is 3. The van der Waals surface area contributed by atoms with E-state index in [2.05, 4.69) is 45.1 Å². The third-order valence-corrected chi connectivity index (χ3v) is 5.47. The summed E-state index contributed by atoms with van der Waals surface area (Å²) in [5.74, 6) is 0.678. The molecule has 1 aromatic carbocycles. The van der Waals surface area contributed by atoms with Crippen molar-refractivity contribution in [3.8, 4) is 0 Å². The van der Waals surface area contributed by atoms with Crippen LogP contribution >= 0.6 is 0 Å². The molecule has 1 aliphatic rings. The lowest BCUT2D eigenvalue weighted by molar-refractivity contribution is 0.0934. The summed E-state index contributed by atoms with van der Waals surface area (Å²) in [6.45, 7) is 7.70. The summed E-state index contributed by atoms with van der Waals surface area (Å²) in [4.78, 5) is 28.6. The Morgan fingerprint density at radius 2 is 1.96 bits per heavy atom. The van der Waals surface area contributed by atoms with Crippen molar-refractivity contribution in [1.82, 2.24) is 20.3 Å². The highest BCUT2D eigenvalue weighted by atomic mass is 16.1. The topological polar surface area (TPSA) is 71.0 Å². The van der Waals surface area contributed by atoms with E-state index in [9.17, 15) is 4.79 Å². The van der Waals surface area contributed by atoms with Crippen molar-refractivity contribution in [3.05, 3.63) is 59.0 Å². The highest BCUT2D eigenvalue weighted by Crippen LogP contribution is 2.24. The third kappa shape index (κ3) is 3.54. The number of piperidine rings is 1. The van der Waals surface area contributed by atoms with Gasteiger partial charge in [0, 0.05) is 42.6 Å². The van der Waals surface area contributed by atoms with Crippen molar-refractivity contribution in [2.45, 2.75) is 39.7 Å². The predicted molar refractivity (Wildman–Crippen MR) is 111 cm³/mol. The standard InChI is InChI=1S/C22H25N5O/c1-14-7-8-18-19(12-15(2)25-20(18)16(14)3)21(28)26-17-6-4-11-27(13-17)22-23-9-5-10-24-22/h5,7-10,12,17H,4,6,11,13H2,1-3H3,(H,26,28). The summed E-state index contributed by atoms with van der Waals surface area (Å²) in [6.07, 6.45) is 5.45. The van der Waals surface area contributed by atoms with Gasteiger partial charge in [-0.3, -0.25) is 9.78 Å². The first kappa shape index (κ1) is 18.3. The molecule has 6 nitrogen and oxygen atoms in total. The summed E-state index contributed by atoms with van der Waals surface area (Å²) in [5.41, 5.74) is 4.77. The lowest BCUT2D eigenvalue weighted by Crippen LogP contribution is -2.48. The molecule has 1 atom stereocenters. The molecule has 2 aromatic heterocycles. The zero-order valence-electron chi connectivity index (χ0n) is 16.6. The molecule has 3 aromatic rings. The molecule has 1 unspecified atom stereocenters. The van der Waals surface area contributed by atoms with Crippen LogP contribution in [0.1, 0.15) is 40.0 Å². The van der Waals surface area contributed by atoms with Gasteiger partial charge in [0.25, 0.3) is 5.91 Å². The Morgan fingerprint density at radius 1 is 1.18 bits per heavy atom. The maximum absolute atomic E-state index is 13.1. The van der Waals surface area contributed by atoms with Crippen molar-refractivity contribution < 1.29 is 4.79 Å². The van der Waals surface area contributed by atoms with Gasteiger partial charge in [0.2, 0.25) is 5.95 Å². The number of hydrogen-bond acceptors (Lipinski definition) is 5. The number of aryl methyl sites for hydroxylation is 3. The number of anilines is 1. The van der Waals surface area contributed by atoms with Gasteiger partial charge >= 0.3 is 0 Å². The van der Waals surface area contributed by atoms with Gasteiger partial charge < -0.3 is 10.2 Å². The van der Waals surface area contributed by atoms with E-state index in [0.29, 0.717) is 5.56 Å². The maximum atomic E-state index is 13.1. The molecule has 0 aliphatic carbocycles. The van der Waals surface area contributed by atoms with Gasteiger partial charge in [-0.25, -0.2) is 9.97 Å². The van der Waals surface area contributed by atoms with Crippen molar-refractivity contribution in [3.63, 3.8) is 0 Å². The molecule has 1 N–H and O–H groups in total. The van der Waals surface area contributed by atoms with Crippen molar-refractivity contribution >= 4 is 22.8 Å². The van der Waals surface area contributed by atoms with Gasteiger partial charge in [-0.15, -0.1) is 0 Å². The van der Waals surface area contributed by atoms with Crippen LogP contribution < -0.4 is 10.2 Å². The van der Waals surface area contributed by atoms with Gasteiger partial charge in [0.15, 0.2) is 0 Å². The largest absolute Gasteiger partial charge is 0.348 e. The summed E-state index contributed by atoms with van der Waals surface area (Å²) in [6, 6.07) is 7.82. The van der Waals surface area contributed by atoms with Crippen LogP contribution in [-0.4, -0.2) is 40.0 Å². The normalized spacial score (nSPS) is 17.0. The number of nitrogens with zero attached hydrogens (tertiary/aromatic N) is 4. The molecule has 0 bridgehead atoms. The fraction of sp³-hybridized carbons (Fsp3) is 0.364. The van der Waals surface area contributed by atoms with E-state index < -0.39 is 0 Å². The first-order valence-corrected chi connectivity index (χ1v) is 9.73. The monoisotopic (exact) mass is 375 g/mol. The number of benzene rings is 1. The van der Waals surface area contributed by atoms with E-state index in [1.165, 1.54) is 5.56 Å². The van der Waals surface area contributed by atoms with Crippen LogP contribution in [0.2, 0.25) is 0 Å². The molecule has 0 saturated carbocycles. The number of pyridine rings is 1. The highest BCUT2D eigenvalue weighted by Gasteiger charge is 2.24. The molecular formula is C22H25N5O. The average Bonchev–Trinajstić information content (AvgIpc) is 2.71. The smallest absolute Gasteiger partial charge is 0.252 e. The van der Waals surface area contributed by atoms with Crippen LogP contribution in [0, 0.1) is 20.8 Å². The van der Waals surface area contributed by atoms with Crippen LogP contribution in [-0.2, 0) is 0 Å². The highest BCUT2D eigenvalue weighted by molar-refractivity contribution is 6.07. The molecule has 0 radical (unpaired) electrons. The predicted octanol–water partition coefficient (Wildman–Crippen LogP) is 3.35. The third-order valence-electron chi connectivity index (χ3n) is 5.47. The molecule has 3 heterocycles. The first-order chi connectivity index (χ1) is 13.5. The zero-order valence-corrected chi connectivity index (χ0v) is 16.6. The van der Waals surface area contributed by atoms with Crippen LogP contribution in [0.15, 0.2) is 36.7 Å². The zero-order chi connectivity index (χ0) is 19.7. The van der Waals surface area contributed by atoms with Gasteiger partial charge in [-0.05, 0) is 56.9 Å². The van der Waals surface area contributed by atoms with Crippen LogP contribution in [0.5, 0.6) is 0 Å². The number of carbonyl (C=O) groups excluding carboxylic acids is 1. The van der Waals surface area contributed by atoms with Crippen molar-refractivity contribution in [2.75, 3.05) is 18.0 Å². The van der Waals surface area contributed by atoms with Crippen LogP contribution in [0.3, 0.4) is 0 Å². The second-order valence-corrected chi connectivity index (χ2v) is 7.52. The van der Waals surface area contributed by atoms with Crippen LogP contribution in [0.4, 0.5) is 5.95 Å². The number of nitrogens with one attached hydrogen (secondary N) is 1. The molecule has 1 fully saturated rings. The minimum absolute atomic E-state index is 0.0421. The molecule has 144 valence electrons. The summed E-state index contributed by atoms with van der Waals surface area (Å²) in [7, 11) is 0. The minimum Gasteiger partial charge on any atom is -0.348 e. The van der Waals surface area contributed by atoms with E-state index >= 15 is 0 Å².